The topological polar surface area (TPSA) is 29.5 Å². The molecular weight excluding hydrogens is 215 g/mol. The van der Waals surface area contributed by atoms with Gasteiger partial charge in [0.2, 0.25) is 0 Å². The molecule has 0 heterocycles. The second kappa shape index (κ2) is 6.82. The predicted octanol–water partition coefficient (Wildman–Crippen LogP) is 2.32. The summed E-state index contributed by atoms with van der Waals surface area (Å²) in [5.41, 5.74) is 0. The Morgan fingerprint density at radius 1 is 1.53 bits per heavy atom. The van der Waals surface area contributed by atoms with Crippen LogP contribution in [0.5, 0.6) is 0 Å². The molecule has 1 N–H and O–H groups in total. The molecule has 84 valence electrons. The van der Waals surface area contributed by atoms with Crippen molar-refractivity contribution in [2.75, 3.05) is 19.0 Å². The number of rotatable bonds is 6. The van der Waals surface area contributed by atoms with E-state index in [1.54, 1.807) is 6.07 Å². The molecule has 0 saturated heterocycles. The van der Waals surface area contributed by atoms with Crippen LogP contribution < -0.4 is 0 Å². The molecular formula is C11H15FO2S. The maximum Gasteiger partial charge on any atom is 0.124 e. The minimum atomic E-state index is -0.502. The van der Waals surface area contributed by atoms with Crippen LogP contribution in [0.15, 0.2) is 29.2 Å². The third-order valence-corrected chi connectivity index (χ3v) is 2.89. The molecule has 15 heavy (non-hydrogen) atoms. The van der Waals surface area contributed by atoms with Gasteiger partial charge in [-0.1, -0.05) is 6.07 Å². The molecule has 0 radical (unpaired) electrons. The van der Waals surface area contributed by atoms with E-state index in [2.05, 4.69) is 0 Å². The van der Waals surface area contributed by atoms with E-state index in [1.165, 1.54) is 23.9 Å². The minimum absolute atomic E-state index is 0.251. The number of thioether (sulfide) groups is 1. The SMILES string of the molecule is CCOCC(O)CSc1cccc(F)c1. The summed E-state index contributed by atoms with van der Waals surface area (Å²) < 4.78 is 17.9. The average molecular weight is 230 g/mol. The summed E-state index contributed by atoms with van der Waals surface area (Å²) >= 11 is 1.42. The Balaban J connectivity index is 2.30. The van der Waals surface area contributed by atoms with Gasteiger partial charge in [0.15, 0.2) is 0 Å². The lowest BCUT2D eigenvalue weighted by atomic mass is 10.3. The first-order valence-electron chi connectivity index (χ1n) is 4.86. The van der Waals surface area contributed by atoms with Crippen LogP contribution in [0.2, 0.25) is 0 Å². The second-order valence-electron chi connectivity index (χ2n) is 3.08. The molecule has 0 fully saturated rings. The molecule has 4 heteroatoms. The second-order valence-corrected chi connectivity index (χ2v) is 4.18. The van der Waals surface area contributed by atoms with Crippen LogP contribution in [0.4, 0.5) is 4.39 Å². The standard InChI is InChI=1S/C11H15FO2S/c1-2-14-7-10(13)8-15-11-5-3-4-9(12)6-11/h3-6,10,13H,2,7-8H2,1H3. The van der Waals surface area contributed by atoms with E-state index in [0.29, 0.717) is 19.0 Å². The van der Waals surface area contributed by atoms with Crippen LogP contribution in [0.1, 0.15) is 6.92 Å². The minimum Gasteiger partial charge on any atom is -0.390 e. The zero-order valence-electron chi connectivity index (χ0n) is 8.65. The molecule has 0 aliphatic carbocycles. The van der Waals surface area contributed by atoms with Crippen LogP contribution in [-0.4, -0.2) is 30.2 Å². The molecule has 0 saturated carbocycles. The fourth-order valence-electron chi connectivity index (χ4n) is 1.05. The van der Waals surface area contributed by atoms with E-state index < -0.39 is 6.10 Å². The van der Waals surface area contributed by atoms with Gasteiger partial charge in [-0.2, -0.15) is 0 Å². The molecule has 1 aromatic rings. The van der Waals surface area contributed by atoms with E-state index >= 15 is 0 Å². The lowest BCUT2D eigenvalue weighted by Crippen LogP contribution is -2.17. The number of hydrogen-bond acceptors (Lipinski definition) is 3. The summed E-state index contributed by atoms with van der Waals surface area (Å²) in [6.45, 7) is 2.81. The van der Waals surface area contributed by atoms with E-state index in [-0.39, 0.29) is 5.82 Å². The van der Waals surface area contributed by atoms with Crippen molar-refractivity contribution in [3.8, 4) is 0 Å². The van der Waals surface area contributed by atoms with E-state index in [0.717, 1.165) is 4.90 Å². The molecule has 0 aromatic heterocycles. The summed E-state index contributed by atoms with van der Waals surface area (Å²) in [7, 11) is 0. The summed E-state index contributed by atoms with van der Waals surface area (Å²) in [6, 6.07) is 6.34. The van der Waals surface area contributed by atoms with Gasteiger partial charge in [0.1, 0.15) is 5.82 Å². The highest BCUT2D eigenvalue weighted by atomic mass is 32.2. The number of aliphatic hydroxyl groups excluding tert-OH is 1. The van der Waals surface area contributed by atoms with Crippen molar-refractivity contribution < 1.29 is 14.2 Å². The van der Waals surface area contributed by atoms with Crippen molar-refractivity contribution in [1.29, 1.82) is 0 Å². The lowest BCUT2D eigenvalue weighted by molar-refractivity contribution is 0.0551. The van der Waals surface area contributed by atoms with Crippen LogP contribution in [0.25, 0.3) is 0 Å². The van der Waals surface area contributed by atoms with Gasteiger partial charge in [0.05, 0.1) is 12.7 Å². The van der Waals surface area contributed by atoms with Crippen molar-refractivity contribution in [3.63, 3.8) is 0 Å². The number of benzene rings is 1. The molecule has 2 nitrogen and oxygen atoms in total. The van der Waals surface area contributed by atoms with Gasteiger partial charge in [0.25, 0.3) is 0 Å². The Hall–Kier alpha value is -0.580. The van der Waals surface area contributed by atoms with Gasteiger partial charge in [-0.15, -0.1) is 11.8 Å². The molecule has 1 rings (SSSR count). The van der Waals surface area contributed by atoms with Crippen molar-refractivity contribution >= 4 is 11.8 Å². The molecule has 1 atom stereocenters. The number of aliphatic hydroxyl groups is 1. The third kappa shape index (κ3) is 5.16. The smallest absolute Gasteiger partial charge is 0.124 e. The Labute approximate surface area is 93.5 Å². The molecule has 1 unspecified atom stereocenters. The zero-order chi connectivity index (χ0) is 11.1. The Morgan fingerprint density at radius 3 is 3.00 bits per heavy atom. The third-order valence-electron chi connectivity index (χ3n) is 1.75. The van der Waals surface area contributed by atoms with Gasteiger partial charge in [-0.25, -0.2) is 4.39 Å². The molecule has 0 amide bonds. The highest BCUT2D eigenvalue weighted by Gasteiger charge is 2.05. The van der Waals surface area contributed by atoms with Crippen molar-refractivity contribution in [1.82, 2.24) is 0 Å². The van der Waals surface area contributed by atoms with E-state index in [9.17, 15) is 9.50 Å². The summed E-state index contributed by atoms with van der Waals surface area (Å²) in [4.78, 5) is 0.825. The monoisotopic (exact) mass is 230 g/mol. The first kappa shape index (κ1) is 12.5. The zero-order valence-corrected chi connectivity index (χ0v) is 9.47. The van der Waals surface area contributed by atoms with Gasteiger partial charge in [-0.3, -0.25) is 0 Å². The fraction of sp³-hybridized carbons (Fsp3) is 0.455. The Kier molecular flexibility index (Phi) is 5.68. The molecule has 1 aromatic carbocycles. The predicted molar refractivity (Wildman–Crippen MR) is 59.6 cm³/mol. The summed E-state index contributed by atoms with van der Waals surface area (Å²) in [5, 5.41) is 9.47. The van der Waals surface area contributed by atoms with Crippen molar-refractivity contribution in [2.45, 2.75) is 17.9 Å². The Bertz CT molecular complexity index is 294. The quantitative estimate of drug-likeness (QED) is 0.760. The molecule has 0 aliphatic heterocycles. The maximum atomic E-state index is 12.8. The number of hydrogen-bond donors (Lipinski definition) is 1. The molecule has 0 bridgehead atoms. The number of halogens is 1. The van der Waals surface area contributed by atoms with Crippen molar-refractivity contribution in [2.24, 2.45) is 0 Å². The number of ether oxygens (including phenoxy) is 1. The van der Waals surface area contributed by atoms with Crippen molar-refractivity contribution in [3.05, 3.63) is 30.1 Å². The Morgan fingerprint density at radius 2 is 2.33 bits per heavy atom. The normalized spacial score (nSPS) is 12.7. The largest absolute Gasteiger partial charge is 0.390 e. The maximum absolute atomic E-state index is 12.8. The first-order chi connectivity index (χ1) is 7.22. The highest BCUT2D eigenvalue weighted by molar-refractivity contribution is 7.99. The van der Waals surface area contributed by atoms with E-state index in [4.69, 9.17) is 4.74 Å². The van der Waals surface area contributed by atoms with Gasteiger partial charge < -0.3 is 9.84 Å². The average Bonchev–Trinajstić information content (AvgIpc) is 2.23. The van der Waals surface area contributed by atoms with Crippen LogP contribution in [0.3, 0.4) is 0 Å². The fourth-order valence-corrected chi connectivity index (χ4v) is 1.90. The van der Waals surface area contributed by atoms with E-state index in [1.807, 2.05) is 13.0 Å². The van der Waals surface area contributed by atoms with Gasteiger partial charge in [-0.05, 0) is 25.1 Å². The first-order valence-corrected chi connectivity index (χ1v) is 5.85. The summed E-state index contributed by atoms with van der Waals surface area (Å²) in [5.74, 6) is 0.267. The molecule has 0 spiro atoms. The highest BCUT2D eigenvalue weighted by Crippen LogP contribution is 2.19. The van der Waals surface area contributed by atoms with Crippen LogP contribution >= 0.6 is 11.8 Å². The van der Waals surface area contributed by atoms with Crippen LogP contribution in [0, 0.1) is 5.82 Å². The van der Waals surface area contributed by atoms with Gasteiger partial charge in [0, 0.05) is 17.3 Å². The summed E-state index contributed by atoms with van der Waals surface area (Å²) in [6.07, 6.45) is -0.502. The van der Waals surface area contributed by atoms with Crippen LogP contribution in [-0.2, 0) is 4.74 Å². The van der Waals surface area contributed by atoms with Gasteiger partial charge >= 0.3 is 0 Å². The lowest BCUT2D eigenvalue weighted by Gasteiger charge is -2.09. The molecule has 0 aliphatic rings.